The average Bonchev–Trinajstić information content (AvgIpc) is 2.67. The minimum Gasteiger partial charge on any atom is -0.480 e. The molecular weight excluding hydrogens is 222 g/mol. The van der Waals surface area contributed by atoms with Crippen LogP contribution in [0.5, 0.6) is 0 Å². The van der Waals surface area contributed by atoms with Crippen molar-refractivity contribution in [2.75, 3.05) is 0 Å². The lowest BCUT2D eigenvalue weighted by Gasteiger charge is -2.14. The SMILES string of the molecule is CC(C)CC(=O)NC(Cc1cnc[nH]1)C(=O)O. The Bertz CT molecular complexity index is 373. The summed E-state index contributed by atoms with van der Waals surface area (Å²) in [6.45, 7) is 3.81. The number of rotatable bonds is 6. The molecule has 0 aliphatic carbocycles. The minimum absolute atomic E-state index is 0.205. The Kier molecular flexibility index (Phi) is 4.68. The van der Waals surface area contributed by atoms with Crippen LogP contribution in [0, 0.1) is 5.92 Å². The van der Waals surface area contributed by atoms with Gasteiger partial charge in [0, 0.05) is 24.7 Å². The highest BCUT2D eigenvalue weighted by Gasteiger charge is 2.21. The fourth-order valence-electron chi connectivity index (χ4n) is 1.44. The van der Waals surface area contributed by atoms with E-state index >= 15 is 0 Å². The molecule has 0 spiro atoms. The number of H-pyrrole nitrogens is 1. The van der Waals surface area contributed by atoms with Crippen LogP contribution < -0.4 is 5.32 Å². The zero-order valence-electron chi connectivity index (χ0n) is 9.93. The third-order valence-electron chi connectivity index (χ3n) is 2.21. The van der Waals surface area contributed by atoms with Crippen LogP contribution in [0.1, 0.15) is 26.0 Å². The molecule has 0 radical (unpaired) electrons. The van der Waals surface area contributed by atoms with Gasteiger partial charge in [-0.1, -0.05) is 13.8 Å². The Morgan fingerprint density at radius 2 is 2.24 bits per heavy atom. The molecule has 3 N–H and O–H groups in total. The molecule has 1 aromatic heterocycles. The van der Waals surface area contributed by atoms with E-state index in [0.29, 0.717) is 12.1 Å². The van der Waals surface area contributed by atoms with Gasteiger partial charge in [-0.05, 0) is 5.92 Å². The van der Waals surface area contributed by atoms with Crippen LogP contribution in [0.2, 0.25) is 0 Å². The van der Waals surface area contributed by atoms with Gasteiger partial charge in [-0.2, -0.15) is 0 Å². The fraction of sp³-hybridized carbons (Fsp3) is 0.545. The van der Waals surface area contributed by atoms with Crippen molar-refractivity contribution in [3.8, 4) is 0 Å². The molecule has 0 aliphatic rings. The van der Waals surface area contributed by atoms with Crippen molar-refractivity contribution in [2.24, 2.45) is 5.92 Å². The van der Waals surface area contributed by atoms with Gasteiger partial charge in [-0.25, -0.2) is 9.78 Å². The number of nitrogens with one attached hydrogen (secondary N) is 2. The fourth-order valence-corrected chi connectivity index (χ4v) is 1.44. The molecule has 0 fully saturated rings. The zero-order valence-corrected chi connectivity index (χ0v) is 9.93. The van der Waals surface area contributed by atoms with Crippen molar-refractivity contribution in [3.63, 3.8) is 0 Å². The molecule has 0 aliphatic heterocycles. The van der Waals surface area contributed by atoms with Gasteiger partial charge < -0.3 is 15.4 Å². The van der Waals surface area contributed by atoms with Crippen LogP contribution in [-0.2, 0) is 16.0 Å². The number of carboxylic acid groups (broad SMARTS) is 1. The van der Waals surface area contributed by atoms with Crippen LogP contribution in [0.3, 0.4) is 0 Å². The molecule has 6 heteroatoms. The van der Waals surface area contributed by atoms with Crippen molar-refractivity contribution < 1.29 is 14.7 Å². The van der Waals surface area contributed by atoms with E-state index in [1.165, 1.54) is 6.33 Å². The molecule has 1 atom stereocenters. The largest absolute Gasteiger partial charge is 0.480 e. The first-order valence-corrected chi connectivity index (χ1v) is 5.48. The monoisotopic (exact) mass is 239 g/mol. The highest BCUT2D eigenvalue weighted by atomic mass is 16.4. The molecule has 94 valence electrons. The van der Waals surface area contributed by atoms with E-state index in [1.54, 1.807) is 6.20 Å². The van der Waals surface area contributed by atoms with Crippen LogP contribution in [0.25, 0.3) is 0 Å². The summed E-state index contributed by atoms with van der Waals surface area (Å²) < 4.78 is 0. The van der Waals surface area contributed by atoms with Crippen molar-refractivity contribution in [1.29, 1.82) is 0 Å². The quantitative estimate of drug-likeness (QED) is 0.676. The van der Waals surface area contributed by atoms with Gasteiger partial charge in [0.05, 0.1) is 6.33 Å². The molecule has 1 rings (SSSR count). The number of aromatic nitrogens is 2. The number of carboxylic acids is 1. The van der Waals surface area contributed by atoms with E-state index in [0.717, 1.165) is 0 Å². The van der Waals surface area contributed by atoms with Crippen molar-refractivity contribution in [2.45, 2.75) is 32.7 Å². The number of nitrogens with zero attached hydrogens (tertiary/aromatic N) is 1. The smallest absolute Gasteiger partial charge is 0.326 e. The molecule has 17 heavy (non-hydrogen) atoms. The van der Waals surface area contributed by atoms with Crippen LogP contribution in [0.15, 0.2) is 12.5 Å². The third kappa shape index (κ3) is 4.67. The number of aromatic amines is 1. The maximum atomic E-state index is 11.5. The predicted molar refractivity (Wildman–Crippen MR) is 61.3 cm³/mol. The molecule has 6 nitrogen and oxygen atoms in total. The second-order valence-electron chi connectivity index (χ2n) is 4.34. The molecular formula is C11H17N3O3. The Hall–Kier alpha value is -1.85. The second kappa shape index (κ2) is 6.03. The van der Waals surface area contributed by atoms with Gasteiger partial charge in [0.15, 0.2) is 0 Å². The van der Waals surface area contributed by atoms with E-state index in [2.05, 4.69) is 15.3 Å². The molecule has 0 bridgehead atoms. The maximum Gasteiger partial charge on any atom is 0.326 e. The molecule has 0 saturated heterocycles. The summed E-state index contributed by atoms with van der Waals surface area (Å²) in [4.78, 5) is 29.1. The Morgan fingerprint density at radius 1 is 1.53 bits per heavy atom. The lowest BCUT2D eigenvalue weighted by atomic mass is 10.1. The molecule has 1 heterocycles. The maximum absolute atomic E-state index is 11.5. The van der Waals surface area contributed by atoms with E-state index in [-0.39, 0.29) is 18.2 Å². The Morgan fingerprint density at radius 3 is 2.71 bits per heavy atom. The van der Waals surface area contributed by atoms with Crippen molar-refractivity contribution >= 4 is 11.9 Å². The summed E-state index contributed by atoms with van der Waals surface area (Å²) in [6.07, 6.45) is 3.56. The number of carbonyl (C=O) groups excluding carboxylic acids is 1. The minimum atomic E-state index is -1.04. The predicted octanol–water partition coefficient (Wildman–Crippen LogP) is 0.568. The van der Waals surface area contributed by atoms with Gasteiger partial charge in [-0.15, -0.1) is 0 Å². The topological polar surface area (TPSA) is 95.1 Å². The van der Waals surface area contributed by atoms with E-state index in [9.17, 15) is 9.59 Å². The van der Waals surface area contributed by atoms with Gasteiger partial charge in [0.25, 0.3) is 0 Å². The number of aliphatic carboxylic acids is 1. The van der Waals surface area contributed by atoms with E-state index < -0.39 is 12.0 Å². The molecule has 0 saturated carbocycles. The summed E-state index contributed by atoms with van der Waals surface area (Å²) in [7, 11) is 0. The van der Waals surface area contributed by atoms with E-state index in [1.807, 2.05) is 13.8 Å². The lowest BCUT2D eigenvalue weighted by molar-refractivity contribution is -0.141. The number of amides is 1. The van der Waals surface area contributed by atoms with Gasteiger partial charge in [0.1, 0.15) is 6.04 Å². The van der Waals surface area contributed by atoms with Crippen molar-refractivity contribution in [3.05, 3.63) is 18.2 Å². The van der Waals surface area contributed by atoms with Gasteiger partial charge >= 0.3 is 5.97 Å². The Balaban J connectivity index is 2.55. The normalized spacial score (nSPS) is 12.4. The number of imidazole rings is 1. The highest BCUT2D eigenvalue weighted by molar-refractivity contribution is 5.83. The zero-order chi connectivity index (χ0) is 12.8. The van der Waals surface area contributed by atoms with Crippen LogP contribution in [-0.4, -0.2) is 33.0 Å². The number of hydrogen-bond donors (Lipinski definition) is 3. The molecule has 1 unspecified atom stereocenters. The first kappa shape index (κ1) is 13.2. The standard InChI is InChI=1S/C11H17N3O3/c1-7(2)3-10(15)14-9(11(16)17)4-8-5-12-6-13-8/h5-7,9H,3-4H2,1-2H3,(H,12,13)(H,14,15)(H,16,17). The summed E-state index contributed by atoms with van der Waals surface area (Å²) in [6, 6.07) is -0.915. The average molecular weight is 239 g/mol. The first-order chi connectivity index (χ1) is 7.99. The first-order valence-electron chi connectivity index (χ1n) is 5.48. The van der Waals surface area contributed by atoms with Crippen LogP contribution >= 0.6 is 0 Å². The van der Waals surface area contributed by atoms with Crippen molar-refractivity contribution in [1.82, 2.24) is 15.3 Å². The number of hydrogen-bond acceptors (Lipinski definition) is 3. The highest BCUT2D eigenvalue weighted by Crippen LogP contribution is 2.02. The third-order valence-corrected chi connectivity index (χ3v) is 2.21. The van der Waals surface area contributed by atoms with Gasteiger partial charge in [0.2, 0.25) is 5.91 Å². The van der Waals surface area contributed by atoms with Crippen LogP contribution in [0.4, 0.5) is 0 Å². The summed E-state index contributed by atoms with van der Waals surface area (Å²) in [5.74, 6) is -1.08. The molecule has 0 aromatic carbocycles. The van der Waals surface area contributed by atoms with Gasteiger partial charge in [-0.3, -0.25) is 4.79 Å². The second-order valence-corrected chi connectivity index (χ2v) is 4.34. The molecule has 1 amide bonds. The Labute approximate surface area is 99.4 Å². The summed E-state index contributed by atoms with van der Waals surface area (Å²) in [5, 5.41) is 11.5. The molecule has 1 aromatic rings. The lowest BCUT2D eigenvalue weighted by Crippen LogP contribution is -2.42. The number of carbonyl (C=O) groups is 2. The summed E-state index contributed by atoms with van der Waals surface area (Å²) in [5.41, 5.74) is 0.683. The summed E-state index contributed by atoms with van der Waals surface area (Å²) >= 11 is 0. The van der Waals surface area contributed by atoms with E-state index in [4.69, 9.17) is 5.11 Å².